The van der Waals surface area contributed by atoms with Crippen molar-refractivity contribution in [2.45, 2.75) is 19.5 Å². The van der Waals surface area contributed by atoms with Crippen LogP contribution in [0.25, 0.3) is 0 Å². The standard InChI is InChI=1S/C15H24FN3/c1-18-6-5-13(9-18)10-19(2)11-14-7-12(8-17)3-4-15(14)16/h3-4,7,13H,5-6,8-11,17H2,1-2H3. The second-order valence-electron chi connectivity index (χ2n) is 5.74. The van der Waals surface area contributed by atoms with Crippen LogP contribution in [0.2, 0.25) is 0 Å². The first-order valence-electron chi connectivity index (χ1n) is 6.93. The fourth-order valence-corrected chi connectivity index (χ4v) is 2.85. The summed E-state index contributed by atoms with van der Waals surface area (Å²) < 4.78 is 13.8. The fourth-order valence-electron chi connectivity index (χ4n) is 2.85. The van der Waals surface area contributed by atoms with Crippen LogP contribution in [-0.4, -0.2) is 43.5 Å². The summed E-state index contributed by atoms with van der Waals surface area (Å²) in [5.74, 6) is 0.573. The number of rotatable bonds is 5. The zero-order valence-electron chi connectivity index (χ0n) is 11.9. The lowest BCUT2D eigenvalue weighted by Gasteiger charge is -2.21. The number of nitrogens with two attached hydrogens (primary N) is 1. The van der Waals surface area contributed by atoms with Crippen LogP contribution in [0.4, 0.5) is 4.39 Å². The van der Waals surface area contributed by atoms with Crippen molar-refractivity contribution in [2.75, 3.05) is 33.7 Å². The van der Waals surface area contributed by atoms with Gasteiger partial charge in [-0.1, -0.05) is 12.1 Å². The third kappa shape index (κ3) is 4.00. The van der Waals surface area contributed by atoms with E-state index in [0.717, 1.165) is 24.2 Å². The smallest absolute Gasteiger partial charge is 0.127 e. The molecule has 1 aliphatic heterocycles. The average molecular weight is 265 g/mol. The lowest BCUT2D eigenvalue weighted by molar-refractivity contribution is 0.264. The van der Waals surface area contributed by atoms with Crippen LogP contribution in [0.3, 0.4) is 0 Å². The molecule has 0 bridgehead atoms. The quantitative estimate of drug-likeness (QED) is 0.879. The maximum absolute atomic E-state index is 13.8. The molecule has 1 atom stereocenters. The first-order valence-corrected chi connectivity index (χ1v) is 6.93. The lowest BCUT2D eigenvalue weighted by Crippen LogP contribution is -2.27. The molecule has 0 amide bonds. The minimum Gasteiger partial charge on any atom is -0.326 e. The van der Waals surface area contributed by atoms with Crippen LogP contribution in [-0.2, 0) is 13.1 Å². The first-order chi connectivity index (χ1) is 9.08. The van der Waals surface area contributed by atoms with E-state index < -0.39 is 0 Å². The lowest BCUT2D eigenvalue weighted by atomic mass is 10.1. The Kier molecular flexibility index (Phi) is 4.91. The number of halogens is 1. The Morgan fingerprint density at radius 3 is 2.89 bits per heavy atom. The van der Waals surface area contributed by atoms with Gasteiger partial charge in [0.1, 0.15) is 5.82 Å². The zero-order valence-corrected chi connectivity index (χ0v) is 11.9. The van der Waals surface area contributed by atoms with Crippen molar-refractivity contribution in [1.29, 1.82) is 0 Å². The largest absolute Gasteiger partial charge is 0.326 e. The molecule has 1 unspecified atom stereocenters. The molecule has 0 radical (unpaired) electrons. The topological polar surface area (TPSA) is 32.5 Å². The summed E-state index contributed by atoms with van der Waals surface area (Å²) in [4.78, 5) is 4.57. The van der Waals surface area contributed by atoms with Crippen molar-refractivity contribution in [3.63, 3.8) is 0 Å². The van der Waals surface area contributed by atoms with Crippen molar-refractivity contribution in [1.82, 2.24) is 9.80 Å². The molecule has 0 spiro atoms. The van der Waals surface area contributed by atoms with Crippen LogP contribution >= 0.6 is 0 Å². The Morgan fingerprint density at radius 2 is 2.26 bits per heavy atom. The summed E-state index contributed by atoms with van der Waals surface area (Å²) in [5, 5.41) is 0. The maximum atomic E-state index is 13.8. The van der Waals surface area contributed by atoms with Crippen molar-refractivity contribution >= 4 is 0 Å². The molecule has 19 heavy (non-hydrogen) atoms. The normalized spacial score (nSPS) is 20.4. The molecular formula is C15H24FN3. The number of benzene rings is 1. The second-order valence-corrected chi connectivity index (χ2v) is 5.74. The van der Waals surface area contributed by atoms with Crippen LogP contribution < -0.4 is 5.73 Å². The molecule has 106 valence electrons. The molecule has 0 aliphatic carbocycles. The Morgan fingerprint density at radius 1 is 1.47 bits per heavy atom. The monoisotopic (exact) mass is 265 g/mol. The second kappa shape index (κ2) is 6.46. The molecule has 0 aromatic heterocycles. The van der Waals surface area contributed by atoms with Crippen molar-refractivity contribution in [2.24, 2.45) is 11.7 Å². The van der Waals surface area contributed by atoms with E-state index >= 15 is 0 Å². The number of likely N-dealkylation sites (tertiary alicyclic amines) is 1. The first kappa shape index (κ1) is 14.4. The number of nitrogens with zero attached hydrogens (tertiary/aromatic N) is 2. The van der Waals surface area contributed by atoms with E-state index in [0.29, 0.717) is 19.0 Å². The highest BCUT2D eigenvalue weighted by molar-refractivity contribution is 5.25. The number of hydrogen-bond donors (Lipinski definition) is 1. The van der Waals surface area contributed by atoms with E-state index in [1.807, 2.05) is 6.07 Å². The molecular weight excluding hydrogens is 241 g/mol. The minimum atomic E-state index is -0.132. The van der Waals surface area contributed by atoms with Crippen LogP contribution in [0.1, 0.15) is 17.5 Å². The molecule has 1 saturated heterocycles. The van der Waals surface area contributed by atoms with Crippen molar-refractivity contribution < 1.29 is 4.39 Å². The molecule has 3 nitrogen and oxygen atoms in total. The summed E-state index contributed by atoms with van der Waals surface area (Å²) >= 11 is 0. The van der Waals surface area contributed by atoms with Gasteiger partial charge >= 0.3 is 0 Å². The Hall–Kier alpha value is -0.970. The summed E-state index contributed by atoms with van der Waals surface area (Å²) in [6.07, 6.45) is 1.24. The third-order valence-corrected chi connectivity index (χ3v) is 3.84. The zero-order chi connectivity index (χ0) is 13.8. The molecule has 4 heteroatoms. The van der Waals surface area contributed by atoms with E-state index in [1.165, 1.54) is 19.0 Å². The minimum absolute atomic E-state index is 0.132. The Labute approximate surface area is 115 Å². The number of hydrogen-bond acceptors (Lipinski definition) is 3. The van der Waals surface area contributed by atoms with Gasteiger partial charge in [0.25, 0.3) is 0 Å². The van der Waals surface area contributed by atoms with Gasteiger partial charge in [-0.2, -0.15) is 0 Å². The predicted molar refractivity (Wildman–Crippen MR) is 76.2 cm³/mol. The van der Waals surface area contributed by atoms with E-state index in [4.69, 9.17) is 5.73 Å². The van der Waals surface area contributed by atoms with Crippen molar-refractivity contribution in [3.05, 3.63) is 35.1 Å². The van der Waals surface area contributed by atoms with Crippen LogP contribution in [0, 0.1) is 11.7 Å². The third-order valence-electron chi connectivity index (χ3n) is 3.84. The molecule has 2 rings (SSSR count). The van der Waals surface area contributed by atoms with Gasteiger partial charge in [0.05, 0.1) is 0 Å². The fraction of sp³-hybridized carbons (Fsp3) is 0.600. The van der Waals surface area contributed by atoms with Gasteiger partial charge in [0.2, 0.25) is 0 Å². The Bertz CT molecular complexity index is 422. The molecule has 1 aromatic carbocycles. The summed E-state index contributed by atoms with van der Waals surface area (Å²) in [5.41, 5.74) is 7.34. The van der Waals surface area contributed by atoms with Crippen LogP contribution in [0.5, 0.6) is 0 Å². The highest BCUT2D eigenvalue weighted by Crippen LogP contribution is 2.17. The summed E-state index contributed by atoms with van der Waals surface area (Å²) in [6.45, 7) is 4.46. The van der Waals surface area contributed by atoms with E-state index in [2.05, 4.69) is 23.9 Å². The van der Waals surface area contributed by atoms with E-state index in [-0.39, 0.29) is 5.82 Å². The van der Waals surface area contributed by atoms with Gasteiger partial charge in [-0.05, 0) is 44.6 Å². The predicted octanol–water partition coefficient (Wildman–Crippen LogP) is 1.67. The molecule has 1 aromatic rings. The van der Waals surface area contributed by atoms with Gasteiger partial charge in [0.15, 0.2) is 0 Å². The van der Waals surface area contributed by atoms with E-state index in [1.54, 1.807) is 6.07 Å². The van der Waals surface area contributed by atoms with Gasteiger partial charge in [0, 0.05) is 31.7 Å². The molecule has 1 fully saturated rings. The van der Waals surface area contributed by atoms with Gasteiger partial charge in [-0.25, -0.2) is 4.39 Å². The molecule has 2 N–H and O–H groups in total. The van der Waals surface area contributed by atoms with Gasteiger partial charge in [-0.15, -0.1) is 0 Å². The molecule has 1 heterocycles. The van der Waals surface area contributed by atoms with Gasteiger partial charge in [-0.3, -0.25) is 0 Å². The molecule has 0 saturated carbocycles. The maximum Gasteiger partial charge on any atom is 0.127 e. The summed E-state index contributed by atoms with van der Waals surface area (Å²) in [7, 11) is 4.22. The van der Waals surface area contributed by atoms with Crippen LogP contribution in [0.15, 0.2) is 18.2 Å². The SMILES string of the molecule is CN1CCC(CN(C)Cc2cc(CN)ccc2F)C1. The Balaban J connectivity index is 1.92. The highest BCUT2D eigenvalue weighted by Gasteiger charge is 2.21. The highest BCUT2D eigenvalue weighted by atomic mass is 19.1. The summed E-state index contributed by atoms with van der Waals surface area (Å²) in [6, 6.07) is 5.16. The van der Waals surface area contributed by atoms with Gasteiger partial charge < -0.3 is 15.5 Å². The van der Waals surface area contributed by atoms with E-state index in [9.17, 15) is 4.39 Å². The molecule has 1 aliphatic rings. The van der Waals surface area contributed by atoms with Crippen molar-refractivity contribution in [3.8, 4) is 0 Å². The average Bonchev–Trinajstić information content (AvgIpc) is 2.77.